The molecule has 5 rings (SSSR count). The van der Waals surface area contributed by atoms with Crippen LogP contribution in [-0.2, 0) is 13.0 Å². The predicted molar refractivity (Wildman–Crippen MR) is 110 cm³/mol. The molecule has 1 amide bonds. The van der Waals surface area contributed by atoms with Gasteiger partial charge in [-0.2, -0.15) is 0 Å². The van der Waals surface area contributed by atoms with Crippen molar-refractivity contribution in [2.75, 3.05) is 39.9 Å². The largest absolute Gasteiger partial charge is 0.486 e. The summed E-state index contributed by atoms with van der Waals surface area (Å²) in [6.07, 6.45) is 2.58. The topological polar surface area (TPSA) is 87.8 Å². The number of rotatable bonds is 2. The lowest BCUT2D eigenvalue weighted by atomic mass is 9.95. The van der Waals surface area contributed by atoms with E-state index >= 15 is 0 Å². The van der Waals surface area contributed by atoms with E-state index in [0.717, 1.165) is 37.1 Å². The third-order valence-electron chi connectivity index (χ3n) is 6.16. The Balaban J connectivity index is 1.36. The lowest BCUT2D eigenvalue weighted by Gasteiger charge is -2.33. The van der Waals surface area contributed by atoms with Crippen LogP contribution >= 0.6 is 0 Å². The molecular weight excluding hydrogens is 384 g/mol. The monoisotopic (exact) mass is 410 g/mol. The Kier molecular flexibility index (Phi) is 4.94. The number of hydrogen-bond donors (Lipinski definition) is 1. The van der Waals surface area contributed by atoms with Crippen LogP contribution in [-0.4, -0.2) is 65.6 Å². The highest BCUT2D eigenvalue weighted by molar-refractivity contribution is 5.95. The van der Waals surface area contributed by atoms with Crippen LogP contribution in [0, 0.1) is 0 Å². The summed E-state index contributed by atoms with van der Waals surface area (Å²) in [6, 6.07) is 5.34. The summed E-state index contributed by atoms with van der Waals surface area (Å²) < 4.78 is 11.2. The van der Waals surface area contributed by atoms with Crippen LogP contribution in [0.2, 0.25) is 0 Å². The van der Waals surface area contributed by atoms with Crippen LogP contribution in [0.15, 0.2) is 23.0 Å². The third kappa shape index (κ3) is 3.56. The Morgan fingerprint density at radius 1 is 1.20 bits per heavy atom. The quantitative estimate of drug-likeness (QED) is 0.808. The number of benzene rings is 1. The van der Waals surface area contributed by atoms with Gasteiger partial charge in [-0.25, -0.2) is 4.98 Å². The summed E-state index contributed by atoms with van der Waals surface area (Å²) in [6.45, 7) is 3.80. The lowest BCUT2D eigenvalue weighted by Crippen LogP contribution is -2.40. The van der Waals surface area contributed by atoms with E-state index in [9.17, 15) is 9.59 Å². The van der Waals surface area contributed by atoms with Crippen molar-refractivity contribution >= 4 is 5.91 Å². The smallest absolute Gasteiger partial charge is 0.255 e. The highest BCUT2D eigenvalue weighted by Crippen LogP contribution is 2.32. The molecule has 1 atom stereocenters. The van der Waals surface area contributed by atoms with Gasteiger partial charge in [-0.15, -0.1) is 0 Å². The molecule has 8 nitrogen and oxygen atoms in total. The van der Waals surface area contributed by atoms with E-state index in [4.69, 9.17) is 14.5 Å². The minimum absolute atomic E-state index is 0.0291. The summed E-state index contributed by atoms with van der Waals surface area (Å²) >= 11 is 0. The van der Waals surface area contributed by atoms with Crippen LogP contribution < -0.4 is 15.0 Å². The van der Waals surface area contributed by atoms with Crippen LogP contribution in [0.25, 0.3) is 0 Å². The van der Waals surface area contributed by atoms with Crippen molar-refractivity contribution in [1.82, 2.24) is 19.8 Å². The number of piperidine rings is 1. The molecule has 1 aromatic heterocycles. The molecule has 3 aliphatic rings. The van der Waals surface area contributed by atoms with Crippen LogP contribution in [0.5, 0.6) is 11.5 Å². The highest BCUT2D eigenvalue weighted by atomic mass is 16.6. The maximum absolute atomic E-state index is 13.1. The molecule has 0 bridgehead atoms. The minimum Gasteiger partial charge on any atom is -0.486 e. The number of likely N-dealkylation sites (N-methyl/N-ethyl adjacent to an activating group) is 1. The van der Waals surface area contributed by atoms with E-state index < -0.39 is 0 Å². The van der Waals surface area contributed by atoms with Gasteiger partial charge in [0.2, 0.25) is 0 Å². The second-order valence-electron chi connectivity index (χ2n) is 8.31. The average molecular weight is 410 g/mol. The molecular formula is C22H26N4O4. The fraction of sp³-hybridized carbons (Fsp3) is 0.500. The zero-order valence-electron chi connectivity index (χ0n) is 17.1. The van der Waals surface area contributed by atoms with Crippen molar-refractivity contribution in [3.63, 3.8) is 0 Å². The maximum Gasteiger partial charge on any atom is 0.255 e. The van der Waals surface area contributed by atoms with Gasteiger partial charge in [-0.1, -0.05) is 0 Å². The number of H-pyrrole nitrogens is 1. The molecule has 0 unspecified atom stereocenters. The molecule has 1 fully saturated rings. The predicted octanol–water partition coefficient (Wildman–Crippen LogP) is 1.55. The SMILES string of the molecule is CN1CCc2nc([C@@H]3CCCN(C(=O)c4ccc5c(c4)OCCO5)C3)[nH]c(=O)c2C1. The molecule has 30 heavy (non-hydrogen) atoms. The molecule has 8 heteroatoms. The zero-order chi connectivity index (χ0) is 20.7. The number of carbonyl (C=O) groups excluding carboxylic acids is 1. The fourth-order valence-corrected chi connectivity index (χ4v) is 4.52. The van der Waals surface area contributed by atoms with Gasteiger partial charge in [0.25, 0.3) is 11.5 Å². The van der Waals surface area contributed by atoms with E-state index in [-0.39, 0.29) is 17.4 Å². The first kappa shape index (κ1) is 19.1. The number of amides is 1. The van der Waals surface area contributed by atoms with E-state index in [1.54, 1.807) is 18.2 Å². The van der Waals surface area contributed by atoms with Crippen LogP contribution in [0.4, 0.5) is 0 Å². The Morgan fingerprint density at radius 2 is 2.03 bits per heavy atom. The van der Waals surface area contributed by atoms with Gasteiger partial charge in [0, 0.05) is 44.1 Å². The lowest BCUT2D eigenvalue weighted by molar-refractivity contribution is 0.0703. The number of hydrogen-bond acceptors (Lipinski definition) is 6. The van der Waals surface area contributed by atoms with Crippen molar-refractivity contribution < 1.29 is 14.3 Å². The van der Waals surface area contributed by atoms with Crippen LogP contribution in [0.3, 0.4) is 0 Å². The first-order valence-corrected chi connectivity index (χ1v) is 10.6. The van der Waals surface area contributed by atoms with Gasteiger partial charge in [0.1, 0.15) is 19.0 Å². The zero-order valence-corrected chi connectivity index (χ0v) is 17.1. The first-order valence-electron chi connectivity index (χ1n) is 10.6. The standard InChI is InChI=1S/C22H26N4O4/c1-25-8-6-17-16(13-25)21(27)24-20(23-17)15-3-2-7-26(12-15)22(28)14-4-5-18-19(11-14)30-10-9-29-18/h4-5,11,15H,2-3,6-10,12-13H2,1H3,(H,23,24,27)/t15-/m1/s1. The van der Waals surface area contributed by atoms with Gasteiger partial charge in [-0.3, -0.25) is 9.59 Å². The first-order chi connectivity index (χ1) is 14.6. The van der Waals surface area contributed by atoms with Gasteiger partial charge in [-0.05, 0) is 38.1 Å². The van der Waals surface area contributed by atoms with Crippen molar-refractivity contribution in [2.24, 2.45) is 0 Å². The molecule has 1 N–H and O–H groups in total. The number of likely N-dealkylation sites (tertiary alicyclic amines) is 1. The molecule has 3 aliphatic heterocycles. The van der Waals surface area contributed by atoms with E-state index in [1.165, 1.54) is 0 Å². The summed E-state index contributed by atoms with van der Waals surface area (Å²) in [5.41, 5.74) is 2.22. The number of aromatic nitrogens is 2. The second-order valence-corrected chi connectivity index (χ2v) is 8.31. The number of aromatic amines is 1. The molecule has 4 heterocycles. The molecule has 2 aromatic rings. The Morgan fingerprint density at radius 3 is 2.90 bits per heavy atom. The fourth-order valence-electron chi connectivity index (χ4n) is 4.52. The van der Waals surface area contributed by atoms with E-state index in [1.807, 2.05) is 11.9 Å². The number of nitrogens with one attached hydrogen (secondary N) is 1. The Labute approximate surface area is 174 Å². The summed E-state index contributed by atoms with van der Waals surface area (Å²) in [4.78, 5) is 37.5. The highest BCUT2D eigenvalue weighted by Gasteiger charge is 2.29. The Bertz CT molecular complexity index is 1030. The molecule has 0 saturated carbocycles. The molecule has 0 spiro atoms. The number of nitrogens with zero attached hydrogens (tertiary/aromatic N) is 3. The second kappa shape index (κ2) is 7.75. The Hall–Kier alpha value is -2.87. The molecule has 1 aromatic carbocycles. The number of carbonyl (C=O) groups is 1. The van der Waals surface area contributed by atoms with Gasteiger partial charge in [0.05, 0.1) is 11.3 Å². The van der Waals surface area contributed by atoms with Gasteiger partial charge in [0.15, 0.2) is 11.5 Å². The van der Waals surface area contributed by atoms with Crippen molar-refractivity contribution in [3.05, 3.63) is 51.2 Å². The molecule has 1 saturated heterocycles. The summed E-state index contributed by atoms with van der Waals surface area (Å²) in [5.74, 6) is 2.02. The average Bonchev–Trinajstić information content (AvgIpc) is 2.78. The van der Waals surface area contributed by atoms with Gasteiger partial charge >= 0.3 is 0 Å². The normalized spacial score (nSPS) is 21.2. The minimum atomic E-state index is -0.0446. The number of ether oxygens (including phenoxy) is 2. The van der Waals surface area contributed by atoms with E-state index in [0.29, 0.717) is 55.7 Å². The van der Waals surface area contributed by atoms with Gasteiger partial charge < -0.3 is 24.3 Å². The van der Waals surface area contributed by atoms with E-state index in [2.05, 4.69) is 9.88 Å². The van der Waals surface area contributed by atoms with Crippen molar-refractivity contribution in [3.8, 4) is 11.5 Å². The molecule has 0 aliphatic carbocycles. The van der Waals surface area contributed by atoms with Crippen molar-refractivity contribution in [1.29, 1.82) is 0 Å². The maximum atomic E-state index is 13.1. The molecule has 0 radical (unpaired) electrons. The van der Waals surface area contributed by atoms with Crippen LogP contribution in [0.1, 0.15) is 46.2 Å². The molecule has 158 valence electrons. The summed E-state index contributed by atoms with van der Waals surface area (Å²) in [7, 11) is 2.01. The summed E-state index contributed by atoms with van der Waals surface area (Å²) in [5, 5.41) is 0. The third-order valence-corrected chi connectivity index (χ3v) is 6.16. The number of fused-ring (bicyclic) bond motifs is 2. The van der Waals surface area contributed by atoms with Crippen molar-refractivity contribution in [2.45, 2.75) is 31.7 Å².